The summed E-state index contributed by atoms with van der Waals surface area (Å²) >= 11 is 0. The Balaban J connectivity index is 1.44. The van der Waals surface area contributed by atoms with Gasteiger partial charge in [-0.25, -0.2) is 0 Å². The Bertz CT molecular complexity index is 872. The van der Waals surface area contributed by atoms with E-state index < -0.39 is 0 Å². The highest BCUT2D eigenvalue weighted by atomic mass is 16.5. The summed E-state index contributed by atoms with van der Waals surface area (Å²) in [5.74, 6) is 1.73. The molecule has 1 aromatic heterocycles. The monoisotopic (exact) mass is 352 g/mol. The minimum atomic E-state index is 0.0978. The van der Waals surface area contributed by atoms with E-state index in [-0.39, 0.29) is 5.91 Å². The van der Waals surface area contributed by atoms with Crippen molar-refractivity contribution < 1.29 is 14.3 Å². The fraction of sp³-hybridized carbons (Fsp3) is 0.286. The molecule has 0 radical (unpaired) electrons. The number of para-hydroxylation sites is 1. The molecule has 0 spiro atoms. The van der Waals surface area contributed by atoms with Gasteiger partial charge in [0.15, 0.2) is 0 Å². The van der Waals surface area contributed by atoms with E-state index in [0.29, 0.717) is 26.0 Å². The number of nitrogens with zero attached hydrogens (tertiary/aromatic N) is 1. The van der Waals surface area contributed by atoms with Crippen molar-refractivity contribution in [3.05, 3.63) is 60.3 Å². The number of nitrogens with one attached hydrogen (secondary N) is 1. The summed E-state index contributed by atoms with van der Waals surface area (Å²) in [6.45, 7) is 1.05. The highest BCUT2D eigenvalue weighted by Crippen LogP contribution is 2.21. The summed E-state index contributed by atoms with van der Waals surface area (Å²) in [6.07, 6.45) is 3.04. The number of ether oxygens (including phenoxy) is 2. The highest BCUT2D eigenvalue weighted by molar-refractivity contribution is 5.80. The van der Waals surface area contributed by atoms with Gasteiger partial charge >= 0.3 is 0 Å². The van der Waals surface area contributed by atoms with Crippen LogP contribution in [-0.2, 0) is 11.3 Å². The molecule has 0 saturated heterocycles. The third-order valence-corrected chi connectivity index (χ3v) is 4.35. The fourth-order valence-corrected chi connectivity index (χ4v) is 2.90. The van der Waals surface area contributed by atoms with E-state index in [1.54, 1.807) is 12.0 Å². The van der Waals surface area contributed by atoms with Gasteiger partial charge in [-0.2, -0.15) is 0 Å². The van der Waals surface area contributed by atoms with Crippen molar-refractivity contribution in [3.8, 4) is 11.5 Å². The summed E-state index contributed by atoms with van der Waals surface area (Å²) in [5.41, 5.74) is 2.09. The van der Waals surface area contributed by atoms with Crippen molar-refractivity contribution in [2.75, 3.05) is 20.8 Å². The molecule has 0 unspecified atom stereocenters. The molecule has 3 rings (SSSR count). The van der Waals surface area contributed by atoms with Crippen molar-refractivity contribution in [1.82, 2.24) is 9.88 Å². The van der Waals surface area contributed by atoms with Gasteiger partial charge in [0.1, 0.15) is 11.5 Å². The van der Waals surface area contributed by atoms with Crippen LogP contribution in [-0.4, -0.2) is 36.6 Å². The molecule has 0 aliphatic carbocycles. The molecule has 0 aliphatic heterocycles. The first kappa shape index (κ1) is 17.9. The standard InChI is InChI=1S/C21H24N2O3/c1-23(15-17-6-3-4-7-20(17)25-2)21(24)8-5-13-26-18-9-10-19-16(14-18)11-12-22-19/h3-4,6-7,9-12,14,22H,5,8,13,15H2,1-2H3. The summed E-state index contributed by atoms with van der Waals surface area (Å²) in [7, 11) is 3.46. The van der Waals surface area contributed by atoms with Crippen molar-refractivity contribution in [3.63, 3.8) is 0 Å². The Morgan fingerprint density at radius 2 is 2.00 bits per heavy atom. The molecular weight excluding hydrogens is 328 g/mol. The van der Waals surface area contributed by atoms with Crippen LogP contribution in [0.1, 0.15) is 18.4 Å². The third kappa shape index (κ3) is 4.36. The summed E-state index contributed by atoms with van der Waals surface area (Å²) in [4.78, 5) is 17.2. The van der Waals surface area contributed by atoms with Gasteiger partial charge in [0.25, 0.3) is 0 Å². The molecule has 1 N–H and O–H groups in total. The summed E-state index contributed by atoms with van der Waals surface area (Å²) in [5, 5.41) is 1.12. The van der Waals surface area contributed by atoms with Crippen LogP contribution in [0.25, 0.3) is 10.9 Å². The number of carbonyl (C=O) groups excluding carboxylic acids is 1. The van der Waals surface area contributed by atoms with Crippen molar-refractivity contribution >= 4 is 16.8 Å². The Labute approximate surface area is 153 Å². The molecule has 0 bridgehead atoms. The predicted octanol–water partition coefficient (Wildman–Crippen LogP) is 3.99. The SMILES string of the molecule is COc1ccccc1CN(C)C(=O)CCCOc1ccc2[nH]ccc2c1. The average Bonchev–Trinajstić information content (AvgIpc) is 3.13. The van der Waals surface area contributed by atoms with Crippen LogP contribution < -0.4 is 9.47 Å². The second-order valence-electron chi connectivity index (χ2n) is 6.24. The molecule has 0 atom stereocenters. The molecule has 5 nitrogen and oxygen atoms in total. The minimum Gasteiger partial charge on any atom is -0.496 e. The van der Waals surface area contributed by atoms with Crippen molar-refractivity contribution in [1.29, 1.82) is 0 Å². The minimum absolute atomic E-state index is 0.0978. The van der Waals surface area contributed by atoms with Crippen molar-refractivity contribution in [2.45, 2.75) is 19.4 Å². The van der Waals surface area contributed by atoms with Gasteiger partial charge < -0.3 is 19.4 Å². The number of hydrogen-bond donors (Lipinski definition) is 1. The normalized spacial score (nSPS) is 10.7. The van der Waals surface area contributed by atoms with Crippen LogP contribution >= 0.6 is 0 Å². The van der Waals surface area contributed by atoms with Crippen LogP contribution in [0, 0.1) is 0 Å². The van der Waals surface area contributed by atoms with E-state index in [1.807, 2.05) is 61.8 Å². The number of methoxy groups -OCH3 is 1. The number of H-pyrrole nitrogens is 1. The van der Waals surface area contributed by atoms with Gasteiger partial charge in [0.05, 0.1) is 13.7 Å². The van der Waals surface area contributed by atoms with Gasteiger partial charge in [-0.15, -0.1) is 0 Å². The maximum atomic E-state index is 12.3. The van der Waals surface area contributed by atoms with E-state index in [0.717, 1.165) is 28.0 Å². The van der Waals surface area contributed by atoms with Gasteiger partial charge in [-0.05, 0) is 36.8 Å². The largest absolute Gasteiger partial charge is 0.496 e. The molecule has 3 aromatic rings. The number of carbonyl (C=O) groups is 1. The maximum Gasteiger partial charge on any atom is 0.222 e. The molecule has 0 fully saturated rings. The van der Waals surface area contributed by atoms with E-state index in [9.17, 15) is 4.79 Å². The van der Waals surface area contributed by atoms with Crippen LogP contribution in [0.5, 0.6) is 11.5 Å². The van der Waals surface area contributed by atoms with Gasteiger partial charge in [0.2, 0.25) is 5.91 Å². The Hall–Kier alpha value is -2.95. The zero-order chi connectivity index (χ0) is 18.4. The lowest BCUT2D eigenvalue weighted by molar-refractivity contribution is -0.130. The first-order chi connectivity index (χ1) is 12.7. The van der Waals surface area contributed by atoms with E-state index in [4.69, 9.17) is 9.47 Å². The topological polar surface area (TPSA) is 54.6 Å². The van der Waals surface area contributed by atoms with Gasteiger partial charge in [0, 0.05) is 42.7 Å². The Morgan fingerprint density at radius 1 is 1.15 bits per heavy atom. The van der Waals surface area contributed by atoms with Crippen molar-refractivity contribution in [2.24, 2.45) is 0 Å². The maximum absolute atomic E-state index is 12.3. The number of aromatic nitrogens is 1. The van der Waals surface area contributed by atoms with Crippen LogP contribution in [0.15, 0.2) is 54.7 Å². The highest BCUT2D eigenvalue weighted by Gasteiger charge is 2.11. The molecule has 5 heteroatoms. The lowest BCUT2D eigenvalue weighted by atomic mass is 10.2. The van der Waals surface area contributed by atoms with E-state index in [2.05, 4.69) is 4.98 Å². The first-order valence-corrected chi connectivity index (χ1v) is 8.73. The molecule has 1 amide bonds. The molecule has 26 heavy (non-hydrogen) atoms. The number of benzene rings is 2. The molecule has 136 valence electrons. The average molecular weight is 352 g/mol. The van der Waals surface area contributed by atoms with E-state index in [1.165, 1.54) is 0 Å². The molecule has 0 aliphatic rings. The number of aromatic amines is 1. The number of fused-ring (bicyclic) bond motifs is 1. The molecule has 2 aromatic carbocycles. The summed E-state index contributed by atoms with van der Waals surface area (Å²) < 4.78 is 11.1. The molecular formula is C21H24N2O3. The van der Waals surface area contributed by atoms with Crippen LogP contribution in [0.4, 0.5) is 0 Å². The zero-order valence-electron chi connectivity index (χ0n) is 15.2. The Kier molecular flexibility index (Phi) is 5.79. The lowest BCUT2D eigenvalue weighted by Crippen LogP contribution is -2.26. The quantitative estimate of drug-likeness (QED) is 0.624. The molecule has 0 saturated carbocycles. The third-order valence-electron chi connectivity index (χ3n) is 4.35. The number of rotatable bonds is 8. The predicted molar refractivity (Wildman–Crippen MR) is 102 cm³/mol. The number of amides is 1. The number of hydrogen-bond acceptors (Lipinski definition) is 3. The fourth-order valence-electron chi connectivity index (χ4n) is 2.90. The smallest absolute Gasteiger partial charge is 0.222 e. The molecule has 1 heterocycles. The lowest BCUT2D eigenvalue weighted by Gasteiger charge is -2.19. The van der Waals surface area contributed by atoms with Crippen LogP contribution in [0.3, 0.4) is 0 Å². The van der Waals surface area contributed by atoms with Gasteiger partial charge in [-0.3, -0.25) is 4.79 Å². The second kappa shape index (κ2) is 8.43. The van der Waals surface area contributed by atoms with Crippen LogP contribution in [0.2, 0.25) is 0 Å². The zero-order valence-corrected chi connectivity index (χ0v) is 15.2. The Morgan fingerprint density at radius 3 is 2.85 bits per heavy atom. The summed E-state index contributed by atoms with van der Waals surface area (Å²) in [6, 6.07) is 15.7. The second-order valence-corrected chi connectivity index (χ2v) is 6.24. The van der Waals surface area contributed by atoms with E-state index >= 15 is 0 Å². The van der Waals surface area contributed by atoms with Gasteiger partial charge in [-0.1, -0.05) is 18.2 Å². The first-order valence-electron chi connectivity index (χ1n) is 8.73.